The lowest BCUT2D eigenvalue weighted by atomic mass is 10.2. The number of nitrogens with zero attached hydrogens (tertiary/aromatic N) is 3. The zero-order chi connectivity index (χ0) is 17.2. The Hall–Kier alpha value is -1.75. The Morgan fingerprint density at radius 3 is 2.70 bits per heavy atom. The lowest BCUT2D eigenvalue weighted by molar-refractivity contribution is 0.401. The summed E-state index contributed by atoms with van der Waals surface area (Å²) in [5.74, 6) is 0. The van der Waals surface area contributed by atoms with E-state index < -0.39 is 10.0 Å². The zero-order valence-corrected chi connectivity index (χ0v) is 15.2. The van der Waals surface area contributed by atoms with Crippen LogP contribution in [0.2, 0.25) is 0 Å². The lowest BCUT2D eigenvalue weighted by Crippen LogP contribution is -2.29. The lowest BCUT2D eigenvalue weighted by Gasteiger charge is -2.24. The molecular formula is C16H19N3O2S2. The average molecular weight is 349 g/mol. The van der Waals surface area contributed by atoms with Crippen molar-refractivity contribution in [2.75, 3.05) is 7.05 Å². The molecule has 0 aliphatic carbocycles. The normalized spacial score (nSPS) is 13.0. The van der Waals surface area contributed by atoms with Crippen molar-refractivity contribution in [1.82, 2.24) is 9.29 Å². The van der Waals surface area contributed by atoms with Crippen molar-refractivity contribution >= 4 is 21.4 Å². The molecule has 0 spiro atoms. The molecule has 0 amide bonds. The summed E-state index contributed by atoms with van der Waals surface area (Å²) in [6, 6.07) is 7.73. The largest absolute Gasteiger partial charge is 0.246 e. The zero-order valence-electron chi connectivity index (χ0n) is 13.6. The summed E-state index contributed by atoms with van der Waals surface area (Å²) in [5, 5.41) is 9.96. The van der Waals surface area contributed by atoms with E-state index in [1.165, 1.54) is 16.4 Å². The van der Waals surface area contributed by atoms with Crippen LogP contribution in [-0.4, -0.2) is 24.8 Å². The van der Waals surface area contributed by atoms with Gasteiger partial charge in [0, 0.05) is 11.9 Å². The molecule has 0 saturated carbocycles. The Balaban J connectivity index is 2.39. The molecule has 0 aliphatic rings. The van der Waals surface area contributed by atoms with E-state index in [4.69, 9.17) is 5.26 Å². The fraction of sp³-hybridized carbons (Fsp3) is 0.375. The fourth-order valence-corrected chi connectivity index (χ4v) is 4.82. The van der Waals surface area contributed by atoms with E-state index in [1.807, 2.05) is 26.8 Å². The summed E-state index contributed by atoms with van der Waals surface area (Å²) in [4.78, 5) is 5.55. The van der Waals surface area contributed by atoms with Gasteiger partial charge >= 0.3 is 0 Å². The minimum absolute atomic E-state index is 0.129. The van der Waals surface area contributed by atoms with Crippen molar-refractivity contribution in [1.29, 1.82) is 5.26 Å². The van der Waals surface area contributed by atoms with Crippen molar-refractivity contribution in [3.05, 3.63) is 45.4 Å². The molecule has 1 aromatic heterocycles. The topological polar surface area (TPSA) is 74.1 Å². The maximum absolute atomic E-state index is 12.8. The highest BCUT2D eigenvalue weighted by molar-refractivity contribution is 7.89. The summed E-state index contributed by atoms with van der Waals surface area (Å²) >= 11 is 1.55. The molecule has 1 atom stereocenters. The van der Waals surface area contributed by atoms with Gasteiger partial charge in [0.15, 0.2) is 0 Å². The molecular weight excluding hydrogens is 330 g/mol. The summed E-state index contributed by atoms with van der Waals surface area (Å²) in [6.45, 7) is 5.78. The van der Waals surface area contributed by atoms with Gasteiger partial charge in [-0.15, -0.1) is 11.3 Å². The van der Waals surface area contributed by atoms with Crippen LogP contribution in [0.5, 0.6) is 0 Å². The maximum Gasteiger partial charge on any atom is 0.243 e. The van der Waals surface area contributed by atoms with Crippen molar-refractivity contribution in [3.8, 4) is 6.07 Å². The van der Waals surface area contributed by atoms with E-state index in [0.717, 1.165) is 22.0 Å². The predicted octanol–water partition coefficient (Wildman–Crippen LogP) is 3.27. The van der Waals surface area contributed by atoms with Crippen molar-refractivity contribution < 1.29 is 8.42 Å². The second kappa shape index (κ2) is 6.79. The molecule has 0 aliphatic heterocycles. The van der Waals surface area contributed by atoms with Crippen molar-refractivity contribution in [2.45, 2.75) is 38.1 Å². The van der Waals surface area contributed by atoms with Gasteiger partial charge in [0.25, 0.3) is 0 Å². The average Bonchev–Trinajstić information content (AvgIpc) is 2.94. The van der Waals surface area contributed by atoms with Gasteiger partial charge in [-0.05, 0) is 38.5 Å². The SMILES string of the molecule is CCc1nc(C)c([C@@H](C)N(C)S(=O)(=O)c2cccc(C#N)c2)s1. The van der Waals surface area contributed by atoms with Gasteiger partial charge in [-0.25, -0.2) is 13.4 Å². The first-order valence-corrected chi connectivity index (χ1v) is 9.51. The van der Waals surface area contributed by atoms with Crippen molar-refractivity contribution in [3.63, 3.8) is 0 Å². The molecule has 0 fully saturated rings. The molecule has 0 bridgehead atoms. The third-order valence-corrected chi connectivity index (χ3v) is 7.14. The first-order chi connectivity index (χ1) is 10.8. The predicted molar refractivity (Wildman–Crippen MR) is 90.7 cm³/mol. The van der Waals surface area contributed by atoms with E-state index in [9.17, 15) is 8.42 Å². The van der Waals surface area contributed by atoms with Gasteiger partial charge in [-0.3, -0.25) is 0 Å². The highest BCUT2D eigenvalue weighted by Crippen LogP contribution is 2.32. The van der Waals surface area contributed by atoms with Crippen LogP contribution in [0.1, 0.15) is 41.0 Å². The molecule has 0 saturated heterocycles. The number of hydrogen-bond donors (Lipinski definition) is 0. The number of aryl methyl sites for hydroxylation is 2. The molecule has 1 heterocycles. The van der Waals surface area contributed by atoms with Gasteiger partial charge in [0.05, 0.1) is 33.3 Å². The molecule has 0 unspecified atom stereocenters. The van der Waals surface area contributed by atoms with Gasteiger partial charge in [-0.1, -0.05) is 13.0 Å². The number of thiazole rings is 1. The summed E-state index contributed by atoms with van der Waals surface area (Å²) in [7, 11) is -2.11. The van der Waals surface area contributed by atoms with E-state index >= 15 is 0 Å². The Morgan fingerprint density at radius 1 is 1.43 bits per heavy atom. The quantitative estimate of drug-likeness (QED) is 0.830. The molecule has 2 aromatic rings. The van der Waals surface area contributed by atoms with E-state index in [0.29, 0.717) is 5.56 Å². The van der Waals surface area contributed by atoms with Crippen LogP contribution in [0.3, 0.4) is 0 Å². The van der Waals surface area contributed by atoms with Crippen molar-refractivity contribution in [2.24, 2.45) is 0 Å². The summed E-state index contributed by atoms with van der Waals surface area (Å²) in [6.07, 6.45) is 0.832. The third kappa shape index (κ3) is 3.44. The monoisotopic (exact) mass is 349 g/mol. The fourth-order valence-electron chi connectivity index (χ4n) is 2.27. The van der Waals surface area contributed by atoms with Crippen LogP contribution in [-0.2, 0) is 16.4 Å². The first-order valence-electron chi connectivity index (χ1n) is 7.25. The highest BCUT2D eigenvalue weighted by atomic mass is 32.2. The first kappa shape index (κ1) is 17.6. The number of sulfonamides is 1. The smallest absolute Gasteiger partial charge is 0.243 e. The van der Waals surface area contributed by atoms with Crippen LogP contribution < -0.4 is 0 Å². The van der Waals surface area contributed by atoms with Crippen LogP contribution in [0.4, 0.5) is 0 Å². The number of hydrogen-bond acceptors (Lipinski definition) is 5. The van der Waals surface area contributed by atoms with Crippen LogP contribution >= 0.6 is 11.3 Å². The third-order valence-electron chi connectivity index (χ3n) is 3.74. The number of rotatable bonds is 5. The number of aromatic nitrogens is 1. The molecule has 0 radical (unpaired) electrons. The standard InChI is InChI=1S/C16H19N3O2S2/c1-5-15-18-11(2)16(22-15)12(3)19(4)23(20,21)14-8-6-7-13(9-14)10-17/h6-9,12H,5H2,1-4H3/t12-/m1/s1. The Labute approximate surface area is 141 Å². The molecule has 0 N–H and O–H groups in total. The van der Waals surface area contributed by atoms with Crippen LogP contribution in [0, 0.1) is 18.3 Å². The molecule has 7 heteroatoms. The van der Waals surface area contributed by atoms with Gasteiger partial charge < -0.3 is 0 Å². The van der Waals surface area contributed by atoms with Gasteiger partial charge in [0.1, 0.15) is 0 Å². The Bertz CT molecular complexity index is 850. The summed E-state index contributed by atoms with van der Waals surface area (Å²) in [5.41, 5.74) is 1.20. The van der Waals surface area contributed by atoms with E-state index in [1.54, 1.807) is 30.5 Å². The number of nitriles is 1. The summed E-state index contributed by atoms with van der Waals surface area (Å²) < 4.78 is 26.9. The molecule has 2 rings (SSSR count). The minimum Gasteiger partial charge on any atom is -0.246 e. The maximum atomic E-state index is 12.8. The Morgan fingerprint density at radius 2 is 2.13 bits per heavy atom. The molecule has 5 nitrogen and oxygen atoms in total. The van der Waals surface area contributed by atoms with E-state index in [2.05, 4.69) is 4.98 Å². The van der Waals surface area contributed by atoms with Crippen LogP contribution in [0.15, 0.2) is 29.2 Å². The molecule has 23 heavy (non-hydrogen) atoms. The second-order valence-corrected chi connectivity index (χ2v) is 8.36. The molecule has 1 aromatic carbocycles. The Kier molecular flexibility index (Phi) is 5.19. The van der Waals surface area contributed by atoms with Crippen LogP contribution in [0.25, 0.3) is 0 Å². The van der Waals surface area contributed by atoms with Gasteiger partial charge in [0.2, 0.25) is 10.0 Å². The highest BCUT2D eigenvalue weighted by Gasteiger charge is 2.28. The van der Waals surface area contributed by atoms with Gasteiger partial charge in [-0.2, -0.15) is 9.57 Å². The second-order valence-electron chi connectivity index (χ2n) is 5.25. The number of benzene rings is 1. The minimum atomic E-state index is -3.67. The molecule has 122 valence electrons. The van der Waals surface area contributed by atoms with E-state index in [-0.39, 0.29) is 10.9 Å².